The van der Waals surface area contributed by atoms with E-state index in [-0.39, 0.29) is 11.5 Å². The lowest BCUT2D eigenvalue weighted by Crippen LogP contribution is -2.63. The van der Waals surface area contributed by atoms with Gasteiger partial charge in [0.05, 0.1) is 30.9 Å². The van der Waals surface area contributed by atoms with Gasteiger partial charge >= 0.3 is 0 Å². The topological polar surface area (TPSA) is 62.7 Å². The van der Waals surface area contributed by atoms with E-state index in [1.165, 1.54) is 0 Å². The van der Waals surface area contributed by atoms with Gasteiger partial charge in [-0.05, 0) is 25.5 Å². The average Bonchev–Trinajstić information content (AvgIpc) is 2.82. The van der Waals surface area contributed by atoms with Gasteiger partial charge in [-0.3, -0.25) is 9.78 Å². The van der Waals surface area contributed by atoms with Crippen LogP contribution in [0.25, 0.3) is 0 Å². The molecule has 1 amide bonds. The van der Waals surface area contributed by atoms with E-state index >= 15 is 0 Å². The number of carbonyl (C=O) groups excluding carboxylic acids is 1. The Kier molecular flexibility index (Phi) is 3.95. The van der Waals surface area contributed by atoms with E-state index in [2.05, 4.69) is 11.9 Å². The van der Waals surface area contributed by atoms with E-state index in [4.69, 9.17) is 4.74 Å². The Hall–Kier alpha value is -1.46. The molecule has 1 N–H and O–H groups in total. The lowest BCUT2D eigenvalue weighted by Gasteiger charge is -2.47. The van der Waals surface area contributed by atoms with Crippen LogP contribution >= 0.6 is 0 Å². The van der Waals surface area contributed by atoms with Crippen LogP contribution in [0.1, 0.15) is 48.7 Å². The number of likely N-dealkylation sites (tertiary alicyclic amines) is 1. The van der Waals surface area contributed by atoms with Crippen LogP contribution in [-0.2, 0) is 4.74 Å². The number of unbranched alkanes of at least 4 members (excludes halogenated alkanes) is 1. The highest BCUT2D eigenvalue weighted by molar-refractivity contribution is 5.95. The third-order valence-electron chi connectivity index (χ3n) is 4.78. The number of hydrogen-bond donors (Lipinski definition) is 1. The van der Waals surface area contributed by atoms with Crippen molar-refractivity contribution in [3.63, 3.8) is 0 Å². The van der Waals surface area contributed by atoms with Crippen molar-refractivity contribution in [2.24, 2.45) is 0 Å². The third-order valence-corrected chi connectivity index (χ3v) is 4.78. The van der Waals surface area contributed by atoms with Crippen molar-refractivity contribution in [2.75, 3.05) is 19.7 Å². The number of ether oxygens (including phenoxy) is 1. The molecule has 0 unspecified atom stereocenters. The molecule has 5 heteroatoms. The van der Waals surface area contributed by atoms with Crippen molar-refractivity contribution < 1.29 is 14.6 Å². The highest BCUT2D eigenvalue weighted by atomic mass is 16.5. The van der Waals surface area contributed by atoms with E-state index in [9.17, 15) is 9.90 Å². The second-order valence-electron chi connectivity index (χ2n) is 6.77. The van der Waals surface area contributed by atoms with Gasteiger partial charge in [-0.15, -0.1) is 0 Å². The first-order valence-electron chi connectivity index (χ1n) is 8.04. The molecule has 1 spiro atoms. The molecule has 2 saturated heterocycles. The molecule has 2 aliphatic heterocycles. The van der Waals surface area contributed by atoms with Crippen LogP contribution in [0, 0.1) is 6.92 Å². The number of carbonyl (C=O) groups is 1. The minimum atomic E-state index is -0.713. The first-order valence-corrected chi connectivity index (χ1v) is 8.04. The molecule has 5 nitrogen and oxygen atoms in total. The molecule has 3 heterocycles. The molecule has 2 aliphatic rings. The SMILES string of the molecule is CCCC[C@@]1(O)COC2(CN(C(=O)c3cccnc3C)C2)C1. The number of nitrogens with zero attached hydrogens (tertiary/aromatic N) is 2. The normalized spacial score (nSPS) is 26.2. The van der Waals surface area contributed by atoms with E-state index in [1.54, 1.807) is 17.2 Å². The van der Waals surface area contributed by atoms with Crippen molar-refractivity contribution in [3.05, 3.63) is 29.6 Å². The second-order valence-corrected chi connectivity index (χ2v) is 6.77. The number of aryl methyl sites for hydroxylation is 1. The maximum atomic E-state index is 12.5. The van der Waals surface area contributed by atoms with Gasteiger partial charge in [-0.2, -0.15) is 0 Å². The maximum absolute atomic E-state index is 12.5. The third kappa shape index (κ3) is 2.75. The summed E-state index contributed by atoms with van der Waals surface area (Å²) in [6.07, 6.45) is 5.18. The Labute approximate surface area is 131 Å². The monoisotopic (exact) mass is 304 g/mol. The Morgan fingerprint density at radius 1 is 1.50 bits per heavy atom. The minimum Gasteiger partial charge on any atom is -0.387 e. The number of aliphatic hydroxyl groups is 1. The summed E-state index contributed by atoms with van der Waals surface area (Å²) in [5.41, 5.74) is 0.348. The van der Waals surface area contributed by atoms with Crippen LogP contribution < -0.4 is 0 Å². The average molecular weight is 304 g/mol. The quantitative estimate of drug-likeness (QED) is 0.923. The first kappa shape index (κ1) is 15.4. The predicted molar refractivity (Wildman–Crippen MR) is 82.7 cm³/mol. The maximum Gasteiger partial charge on any atom is 0.255 e. The molecule has 0 aliphatic carbocycles. The Morgan fingerprint density at radius 3 is 2.95 bits per heavy atom. The Bertz CT molecular complexity index is 569. The molecule has 22 heavy (non-hydrogen) atoms. The largest absolute Gasteiger partial charge is 0.387 e. The summed E-state index contributed by atoms with van der Waals surface area (Å²) in [6.45, 7) is 5.48. The van der Waals surface area contributed by atoms with Crippen molar-refractivity contribution in [3.8, 4) is 0 Å². The molecule has 3 rings (SSSR count). The van der Waals surface area contributed by atoms with Crippen LogP contribution in [0.5, 0.6) is 0 Å². The van der Waals surface area contributed by atoms with Gasteiger partial charge in [0.1, 0.15) is 5.60 Å². The molecule has 120 valence electrons. The molecule has 1 atom stereocenters. The predicted octanol–water partition coefficient (Wildman–Crippen LogP) is 1.93. The first-order chi connectivity index (χ1) is 10.5. The van der Waals surface area contributed by atoms with E-state index in [1.807, 2.05) is 13.0 Å². The van der Waals surface area contributed by atoms with Crippen LogP contribution in [0.3, 0.4) is 0 Å². The van der Waals surface area contributed by atoms with Gasteiger partial charge in [0.15, 0.2) is 0 Å². The van der Waals surface area contributed by atoms with Crippen molar-refractivity contribution in [2.45, 2.75) is 50.7 Å². The van der Waals surface area contributed by atoms with E-state index < -0.39 is 5.60 Å². The van der Waals surface area contributed by atoms with Crippen LogP contribution in [0.15, 0.2) is 18.3 Å². The highest BCUT2D eigenvalue weighted by Gasteiger charge is 2.56. The summed E-state index contributed by atoms with van der Waals surface area (Å²) in [7, 11) is 0. The van der Waals surface area contributed by atoms with Gasteiger partial charge in [-0.1, -0.05) is 19.8 Å². The molecular formula is C17H24N2O3. The van der Waals surface area contributed by atoms with Crippen molar-refractivity contribution in [1.82, 2.24) is 9.88 Å². The molecule has 2 fully saturated rings. The lowest BCUT2D eigenvalue weighted by molar-refractivity contribution is -0.0956. The number of hydrogen-bond acceptors (Lipinski definition) is 4. The fourth-order valence-corrected chi connectivity index (χ4v) is 3.53. The molecule has 0 radical (unpaired) electrons. The molecule has 1 aromatic heterocycles. The summed E-state index contributed by atoms with van der Waals surface area (Å²) in [5.74, 6) is 0.00354. The molecule has 0 aromatic carbocycles. The van der Waals surface area contributed by atoms with Gasteiger partial charge < -0.3 is 14.7 Å². The van der Waals surface area contributed by atoms with E-state index in [0.29, 0.717) is 31.7 Å². The zero-order chi connectivity index (χ0) is 15.8. The smallest absolute Gasteiger partial charge is 0.255 e. The van der Waals surface area contributed by atoms with Crippen LogP contribution in [-0.4, -0.2) is 51.8 Å². The van der Waals surface area contributed by atoms with Gasteiger partial charge in [-0.25, -0.2) is 0 Å². The summed E-state index contributed by atoms with van der Waals surface area (Å²) in [5, 5.41) is 10.6. The van der Waals surface area contributed by atoms with Gasteiger partial charge in [0.2, 0.25) is 0 Å². The fourth-order valence-electron chi connectivity index (χ4n) is 3.53. The number of aromatic nitrogens is 1. The van der Waals surface area contributed by atoms with Crippen molar-refractivity contribution in [1.29, 1.82) is 0 Å². The zero-order valence-corrected chi connectivity index (χ0v) is 13.3. The highest BCUT2D eigenvalue weighted by Crippen LogP contribution is 2.42. The standard InChI is InChI=1S/C17H24N2O3/c1-3-4-7-16(21)9-17(22-12-16)10-19(11-17)15(20)14-6-5-8-18-13(14)2/h5-6,8,21H,3-4,7,9-12H2,1-2H3/t16-/m0/s1. The summed E-state index contributed by atoms with van der Waals surface area (Å²) in [4.78, 5) is 18.4. The van der Waals surface area contributed by atoms with Crippen LogP contribution in [0.4, 0.5) is 0 Å². The summed E-state index contributed by atoms with van der Waals surface area (Å²) >= 11 is 0. The van der Waals surface area contributed by atoms with E-state index in [0.717, 1.165) is 25.0 Å². The number of amides is 1. The zero-order valence-electron chi connectivity index (χ0n) is 13.3. The summed E-state index contributed by atoms with van der Waals surface area (Å²) < 4.78 is 5.88. The Morgan fingerprint density at radius 2 is 2.27 bits per heavy atom. The van der Waals surface area contributed by atoms with Crippen molar-refractivity contribution >= 4 is 5.91 Å². The van der Waals surface area contributed by atoms with Gasteiger partial charge in [0.25, 0.3) is 5.91 Å². The molecular weight excluding hydrogens is 280 g/mol. The molecule has 1 aromatic rings. The van der Waals surface area contributed by atoms with Crippen LogP contribution in [0.2, 0.25) is 0 Å². The van der Waals surface area contributed by atoms with Gasteiger partial charge in [0, 0.05) is 18.3 Å². The molecule has 0 saturated carbocycles. The second kappa shape index (κ2) is 5.63. The fraction of sp³-hybridized carbons (Fsp3) is 0.647. The minimum absolute atomic E-state index is 0.00354. The Balaban J connectivity index is 1.60. The lowest BCUT2D eigenvalue weighted by atomic mass is 9.82. The molecule has 0 bridgehead atoms. The number of rotatable bonds is 4. The summed E-state index contributed by atoms with van der Waals surface area (Å²) in [6, 6.07) is 3.59. The number of pyridine rings is 1.